The smallest absolute Gasteiger partial charge is 0.348 e. The molecule has 1 aliphatic carbocycles. The molecule has 0 spiro atoms. The Morgan fingerprint density at radius 3 is 2.71 bits per heavy atom. The van der Waals surface area contributed by atoms with Crippen LogP contribution in [-0.4, -0.2) is 11.9 Å². The summed E-state index contributed by atoms with van der Waals surface area (Å²) in [6.45, 7) is 0. The van der Waals surface area contributed by atoms with E-state index in [0.29, 0.717) is 12.8 Å². The average molecular weight is 361 g/mol. The Hall–Kier alpha value is -1.55. The largest absolute Gasteiger partial charge is 0.417 e. The van der Waals surface area contributed by atoms with Crippen molar-refractivity contribution in [1.82, 2.24) is 5.32 Å². The van der Waals surface area contributed by atoms with Crippen molar-refractivity contribution in [2.45, 2.75) is 31.5 Å². The Bertz CT molecular complexity index is 595. The van der Waals surface area contributed by atoms with Crippen LogP contribution in [0.25, 0.3) is 0 Å². The van der Waals surface area contributed by atoms with Gasteiger partial charge in [-0.05, 0) is 37.5 Å². The number of nitrogens with one attached hydrogen (secondary N) is 1. The number of amides is 1. The first kappa shape index (κ1) is 15.8. The maximum absolute atomic E-state index is 12.8. The summed E-state index contributed by atoms with van der Waals surface area (Å²) < 4.78 is 38.3. The highest BCUT2D eigenvalue weighted by molar-refractivity contribution is 9.10. The lowest BCUT2D eigenvalue weighted by Crippen LogP contribution is -2.37. The lowest BCUT2D eigenvalue weighted by Gasteiger charge is -2.16. The predicted octanol–water partition coefficient (Wildman–Crippen LogP) is 3.89. The highest BCUT2D eigenvalue weighted by atomic mass is 79.9. The van der Waals surface area contributed by atoms with Crippen LogP contribution in [0.5, 0.6) is 0 Å². The minimum atomic E-state index is -4.53. The predicted molar refractivity (Wildman–Crippen MR) is 73.4 cm³/mol. The van der Waals surface area contributed by atoms with Gasteiger partial charge in [0.25, 0.3) is 5.91 Å². The number of hydrogen-bond donors (Lipinski definition) is 1. The van der Waals surface area contributed by atoms with Crippen LogP contribution in [0.1, 0.15) is 35.2 Å². The van der Waals surface area contributed by atoms with Crippen molar-refractivity contribution < 1.29 is 18.0 Å². The third-order valence-corrected chi connectivity index (χ3v) is 4.22. The van der Waals surface area contributed by atoms with E-state index in [4.69, 9.17) is 5.26 Å². The van der Waals surface area contributed by atoms with Crippen LogP contribution in [-0.2, 0) is 6.18 Å². The van der Waals surface area contributed by atoms with E-state index in [9.17, 15) is 18.0 Å². The molecule has 0 aromatic heterocycles. The number of benzene rings is 1. The molecule has 1 saturated carbocycles. The molecule has 0 aliphatic heterocycles. The van der Waals surface area contributed by atoms with Gasteiger partial charge in [0.15, 0.2) is 0 Å². The number of alkyl halides is 3. The van der Waals surface area contributed by atoms with E-state index in [1.807, 2.05) is 0 Å². The van der Waals surface area contributed by atoms with Crippen LogP contribution in [0.3, 0.4) is 0 Å². The zero-order valence-electron chi connectivity index (χ0n) is 10.9. The molecule has 1 aromatic rings. The number of rotatable bonds is 2. The number of hydrogen-bond acceptors (Lipinski definition) is 2. The van der Waals surface area contributed by atoms with E-state index in [2.05, 4.69) is 27.3 Å². The Morgan fingerprint density at radius 2 is 2.10 bits per heavy atom. The molecule has 3 nitrogen and oxygen atoms in total. The molecule has 2 unspecified atom stereocenters. The quantitative estimate of drug-likeness (QED) is 0.869. The minimum absolute atomic E-state index is 0.0610. The second kappa shape index (κ2) is 6.06. The van der Waals surface area contributed by atoms with Gasteiger partial charge in [0.2, 0.25) is 0 Å². The molecule has 0 bridgehead atoms. The van der Waals surface area contributed by atoms with Gasteiger partial charge in [0.05, 0.1) is 17.6 Å². The maximum atomic E-state index is 12.8. The van der Waals surface area contributed by atoms with Gasteiger partial charge in [-0.15, -0.1) is 0 Å². The lowest BCUT2D eigenvalue weighted by atomic mass is 10.0. The van der Waals surface area contributed by atoms with Crippen LogP contribution in [0.2, 0.25) is 0 Å². The average Bonchev–Trinajstić information content (AvgIpc) is 2.85. The van der Waals surface area contributed by atoms with Crippen molar-refractivity contribution in [1.29, 1.82) is 5.26 Å². The number of carbonyl (C=O) groups excluding carboxylic acids is 1. The fourth-order valence-electron chi connectivity index (χ4n) is 2.42. The SMILES string of the molecule is N#CC1CCCC1NC(=O)c1ccc(Br)c(C(F)(F)F)c1. The molecule has 0 saturated heterocycles. The Morgan fingerprint density at radius 1 is 1.38 bits per heavy atom. The van der Waals surface area contributed by atoms with Gasteiger partial charge in [0, 0.05) is 16.1 Å². The van der Waals surface area contributed by atoms with Crippen LogP contribution in [0.15, 0.2) is 22.7 Å². The molecule has 0 heterocycles. The molecule has 0 radical (unpaired) electrons. The summed E-state index contributed by atoms with van der Waals surface area (Å²) in [6, 6.07) is 5.16. The van der Waals surface area contributed by atoms with E-state index in [0.717, 1.165) is 12.5 Å². The summed E-state index contributed by atoms with van der Waals surface area (Å²) in [6.07, 6.45) is -2.32. The molecule has 2 atom stereocenters. The summed E-state index contributed by atoms with van der Waals surface area (Å²) >= 11 is 2.83. The van der Waals surface area contributed by atoms with E-state index in [-0.39, 0.29) is 22.0 Å². The molecule has 7 heteroatoms. The van der Waals surface area contributed by atoms with Gasteiger partial charge in [-0.3, -0.25) is 4.79 Å². The van der Waals surface area contributed by atoms with Gasteiger partial charge < -0.3 is 5.32 Å². The van der Waals surface area contributed by atoms with E-state index >= 15 is 0 Å². The normalized spacial score (nSPS) is 21.9. The van der Waals surface area contributed by atoms with Crippen LogP contribution < -0.4 is 5.32 Å². The molecule has 1 N–H and O–H groups in total. The number of nitrogens with zero attached hydrogens (tertiary/aromatic N) is 1. The fraction of sp³-hybridized carbons (Fsp3) is 0.429. The van der Waals surface area contributed by atoms with Gasteiger partial charge in [-0.25, -0.2) is 0 Å². The Kier molecular flexibility index (Phi) is 4.57. The van der Waals surface area contributed by atoms with Crippen molar-refractivity contribution in [3.8, 4) is 6.07 Å². The number of nitriles is 1. The third kappa shape index (κ3) is 3.56. The van der Waals surface area contributed by atoms with Crippen molar-refractivity contribution >= 4 is 21.8 Å². The second-order valence-corrected chi connectivity index (χ2v) is 5.79. The highest BCUT2D eigenvalue weighted by Gasteiger charge is 2.34. The van der Waals surface area contributed by atoms with E-state index in [1.165, 1.54) is 12.1 Å². The first-order chi connectivity index (χ1) is 9.82. The first-order valence-electron chi connectivity index (χ1n) is 6.40. The van der Waals surface area contributed by atoms with Crippen molar-refractivity contribution in [2.75, 3.05) is 0 Å². The zero-order valence-corrected chi connectivity index (χ0v) is 12.5. The zero-order chi connectivity index (χ0) is 15.6. The monoisotopic (exact) mass is 360 g/mol. The molecule has 21 heavy (non-hydrogen) atoms. The summed E-state index contributed by atoms with van der Waals surface area (Å²) in [7, 11) is 0. The fourth-order valence-corrected chi connectivity index (χ4v) is 2.89. The summed E-state index contributed by atoms with van der Waals surface area (Å²) in [4.78, 5) is 12.0. The molecule has 1 aliphatic rings. The molecule has 1 aromatic carbocycles. The molecular formula is C14H12BrF3N2O. The summed E-state index contributed by atoms with van der Waals surface area (Å²) in [5, 5.41) is 11.6. The van der Waals surface area contributed by atoms with Gasteiger partial charge >= 0.3 is 6.18 Å². The van der Waals surface area contributed by atoms with Crippen LogP contribution in [0.4, 0.5) is 13.2 Å². The number of carbonyl (C=O) groups is 1. The molecular weight excluding hydrogens is 349 g/mol. The second-order valence-electron chi connectivity index (χ2n) is 4.94. The summed E-state index contributed by atoms with van der Waals surface area (Å²) in [5.41, 5.74) is -0.951. The first-order valence-corrected chi connectivity index (χ1v) is 7.19. The van der Waals surface area contributed by atoms with E-state index in [1.54, 1.807) is 0 Å². The number of halogens is 4. The standard InChI is InChI=1S/C14H12BrF3N2O/c15-11-5-4-8(6-10(11)14(16,17)18)13(21)20-12-3-1-2-9(12)7-19/h4-6,9,12H,1-3H2,(H,20,21). The topological polar surface area (TPSA) is 52.9 Å². The van der Waals surface area contributed by atoms with Crippen molar-refractivity contribution in [3.63, 3.8) is 0 Å². The molecule has 1 fully saturated rings. The summed E-state index contributed by atoms with van der Waals surface area (Å²) in [5.74, 6) is -0.855. The van der Waals surface area contributed by atoms with E-state index < -0.39 is 17.6 Å². The molecule has 1 amide bonds. The van der Waals surface area contributed by atoms with Gasteiger partial charge in [0.1, 0.15) is 0 Å². The molecule has 2 rings (SSSR count). The Balaban J connectivity index is 2.19. The van der Waals surface area contributed by atoms with Crippen molar-refractivity contribution in [2.24, 2.45) is 5.92 Å². The van der Waals surface area contributed by atoms with Crippen molar-refractivity contribution in [3.05, 3.63) is 33.8 Å². The lowest BCUT2D eigenvalue weighted by molar-refractivity contribution is -0.138. The van der Waals surface area contributed by atoms with Crippen LogP contribution in [0, 0.1) is 17.2 Å². The molecule has 112 valence electrons. The van der Waals surface area contributed by atoms with Crippen LogP contribution >= 0.6 is 15.9 Å². The van der Waals surface area contributed by atoms with Gasteiger partial charge in [-0.2, -0.15) is 18.4 Å². The minimum Gasteiger partial charge on any atom is -0.348 e. The maximum Gasteiger partial charge on any atom is 0.417 e. The third-order valence-electron chi connectivity index (χ3n) is 3.53. The Labute approximate surface area is 128 Å². The highest BCUT2D eigenvalue weighted by Crippen LogP contribution is 2.35. The van der Waals surface area contributed by atoms with Gasteiger partial charge in [-0.1, -0.05) is 15.9 Å².